The zero-order valence-electron chi connectivity index (χ0n) is 13.9. The Morgan fingerprint density at radius 3 is 2.60 bits per heavy atom. The Hall–Kier alpha value is -0.630. The third-order valence-electron chi connectivity index (χ3n) is 3.79. The van der Waals surface area contributed by atoms with Gasteiger partial charge in [-0.05, 0) is 13.8 Å². The Morgan fingerprint density at radius 2 is 2.12 bits per heavy atom. The zero-order chi connectivity index (χ0) is 18.2. The van der Waals surface area contributed by atoms with Gasteiger partial charge in [0.25, 0.3) is 0 Å². The van der Waals surface area contributed by atoms with Crippen molar-refractivity contribution in [3.63, 3.8) is 0 Å². The van der Waals surface area contributed by atoms with E-state index < -0.39 is 26.5 Å². The Labute approximate surface area is 165 Å². The molecule has 0 amide bonds. The number of rotatable bonds is 2. The fourth-order valence-electron chi connectivity index (χ4n) is 2.33. The zero-order valence-corrected chi connectivity index (χ0v) is 17.9. The van der Waals surface area contributed by atoms with Crippen molar-refractivity contribution in [2.75, 3.05) is 25.9 Å². The molecule has 0 radical (unpaired) electrons. The van der Waals surface area contributed by atoms with E-state index in [4.69, 9.17) is 0 Å². The molecular weight excluding hydrogens is 492 g/mol. The monoisotopic (exact) mass is 512 g/mol. The van der Waals surface area contributed by atoms with Gasteiger partial charge in [-0.15, -0.1) is 35.3 Å². The standard InChI is InChI=1S/C13H19F3N4O2S2.HI/c1-12(2)8-20(4-5-24(12,21)22)11(17-3)18-6-10-19-9(7-23-10)13(14,15)16;/h7H,4-6,8H2,1-3H3,(H,17,18);1H. The van der Waals surface area contributed by atoms with Crippen molar-refractivity contribution in [1.82, 2.24) is 15.2 Å². The minimum Gasteiger partial charge on any atom is -0.350 e. The SMILES string of the molecule is CN=C(NCc1nc(C(F)(F)F)cs1)N1CCS(=O)(=O)C(C)(C)C1.I. The van der Waals surface area contributed by atoms with E-state index in [1.807, 2.05) is 0 Å². The molecule has 2 rings (SSSR count). The molecule has 6 nitrogen and oxygen atoms in total. The summed E-state index contributed by atoms with van der Waals surface area (Å²) in [5, 5.41) is 4.20. The number of hydrogen-bond donors (Lipinski definition) is 1. The molecule has 0 saturated carbocycles. The summed E-state index contributed by atoms with van der Waals surface area (Å²) in [6.07, 6.45) is -4.46. The number of nitrogens with zero attached hydrogens (tertiary/aromatic N) is 3. The van der Waals surface area contributed by atoms with Gasteiger partial charge in [-0.25, -0.2) is 13.4 Å². The summed E-state index contributed by atoms with van der Waals surface area (Å²) < 4.78 is 60.8. The second kappa shape index (κ2) is 7.94. The molecule has 0 aromatic carbocycles. The topological polar surface area (TPSA) is 74.7 Å². The van der Waals surface area contributed by atoms with Crippen LogP contribution in [0, 0.1) is 0 Å². The molecule has 1 fully saturated rings. The molecule has 2 heterocycles. The van der Waals surface area contributed by atoms with Crippen LogP contribution < -0.4 is 5.32 Å². The fraction of sp³-hybridized carbons (Fsp3) is 0.692. The number of nitrogens with one attached hydrogen (secondary N) is 1. The highest BCUT2D eigenvalue weighted by molar-refractivity contribution is 14.0. The van der Waals surface area contributed by atoms with Gasteiger partial charge in [-0.1, -0.05) is 0 Å². The lowest BCUT2D eigenvalue weighted by Crippen LogP contribution is -2.57. The average Bonchev–Trinajstić information content (AvgIpc) is 2.92. The number of aliphatic imine (C=N–C) groups is 1. The van der Waals surface area contributed by atoms with Gasteiger partial charge in [0.1, 0.15) is 5.01 Å². The van der Waals surface area contributed by atoms with Crippen molar-refractivity contribution in [3.8, 4) is 0 Å². The van der Waals surface area contributed by atoms with Crippen LogP contribution in [0.5, 0.6) is 0 Å². The van der Waals surface area contributed by atoms with Crippen LogP contribution in [0.3, 0.4) is 0 Å². The first kappa shape index (κ1) is 22.4. The lowest BCUT2D eigenvalue weighted by molar-refractivity contribution is -0.140. The normalized spacial score (nSPS) is 20.1. The van der Waals surface area contributed by atoms with Crippen LogP contribution in [-0.4, -0.2) is 54.9 Å². The lowest BCUT2D eigenvalue weighted by atomic mass is 10.2. The third kappa shape index (κ3) is 5.18. The molecule has 0 aliphatic carbocycles. The Kier molecular flexibility index (Phi) is 7.12. The number of hydrogen-bond acceptors (Lipinski definition) is 5. The van der Waals surface area contributed by atoms with Crippen LogP contribution in [0.25, 0.3) is 0 Å². The van der Waals surface area contributed by atoms with Crippen molar-refractivity contribution in [1.29, 1.82) is 0 Å². The van der Waals surface area contributed by atoms with Crippen molar-refractivity contribution >= 4 is 51.1 Å². The minimum absolute atomic E-state index is 0. The predicted molar refractivity (Wildman–Crippen MR) is 102 cm³/mol. The summed E-state index contributed by atoms with van der Waals surface area (Å²) in [6.45, 7) is 3.95. The van der Waals surface area contributed by atoms with Crippen molar-refractivity contribution < 1.29 is 21.6 Å². The Balaban J connectivity index is 0.00000312. The summed E-state index contributed by atoms with van der Waals surface area (Å²) in [6, 6.07) is 0. The van der Waals surface area contributed by atoms with Crippen molar-refractivity contribution in [3.05, 3.63) is 16.1 Å². The first-order valence-corrected chi connectivity index (χ1v) is 9.69. The van der Waals surface area contributed by atoms with E-state index in [0.717, 1.165) is 16.7 Å². The molecule has 0 unspecified atom stereocenters. The summed E-state index contributed by atoms with van der Waals surface area (Å²) in [4.78, 5) is 9.42. The molecule has 1 aromatic rings. The van der Waals surface area contributed by atoms with E-state index in [1.54, 1.807) is 25.8 Å². The Morgan fingerprint density at radius 1 is 1.48 bits per heavy atom. The van der Waals surface area contributed by atoms with Crippen molar-refractivity contribution in [2.45, 2.75) is 31.3 Å². The Bertz CT molecular complexity index is 732. The van der Waals surface area contributed by atoms with E-state index >= 15 is 0 Å². The third-order valence-corrected chi connectivity index (χ3v) is 7.18. The van der Waals surface area contributed by atoms with Crippen LogP contribution >= 0.6 is 35.3 Å². The van der Waals surface area contributed by atoms with Gasteiger partial charge in [0, 0.05) is 25.5 Å². The van der Waals surface area contributed by atoms with E-state index in [2.05, 4.69) is 15.3 Å². The lowest BCUT2D eigenvalue weighted by Gasteiger charge is -2.39. The van der Waals surface area contributed by atoms with E-state index in [9.17, 15) is 21.6 Å². The number of aromatic nitrogens is 1. The maximum Gasteiger partial charge on any atom is 0.434 e. The van der Waals surface area contributed by atoms with Crippen LogP contribution in [0.4, 0.5) is 13.2 Å². The highest BCUT2D eigenvalue weighted by Gasteiger charge is 2.41. The summed E-state index contributed by atoms with van der Waals surface area (Å²) in [5.74, 6) is 0.456. The van der Waals surface area contributed by atoms with Gasteiger partial charge in [0.2, 0.25) is 0 Å². The minimum atomic E-state index is -4.46. The first-order chi connectivity index (χ1) is 11.0. The van der Waals surface area contributed by atoms with Gasteiger partial charge in [-0.3, -0.25) is 4.99 Å². The fourth-order valence-corrected chi connectivity index (χ4v) is 4.44. The van der Waals surface area contributed by atoms with Crippen LogP contribution in [-0.2, 0) is 22.6 Å². The molecule has 1 aliphatic heterocycles. The maximum absolute atomic E-state index is 12.6. The number of guanidine groups is 1. The molecule has 25 heavy (non-hydrogen) atoms. The molecule has 1 saturated heterocycles. The van der Waals surface area contributed by atoms with Gasteiger partial charge in [0.05, 0.1) is 17.0 Å². The molecule has 1 aromatic heterocycles. The van der Waals surface area contributed by atoms with E-state index in [0.29, 0.717) is 5.96 Å². The van der Waals surface area contributed by atoms with Gasteiger partial charge in [-0.2, -0.15) is 13.2 Å². The molecule has 1 N–H and O–H groups in total. The highest BCUT2D eigenvalue weighted by Crippen LogP contribution is 2.30. The quantitative estimate of drug-likeness (QED) is 0.374. The maximum atomic E-state index is 12.6. The second-order valence-electron chi connectivity index (χ2n) is 6.03. The molecule has 144 valence electrons. The molecule has 1 aliphatic rings. The molecular formula is C13H20F3IN4O2S2. The van der Waals surface area contributed by atoms with Crippen molar-refractivity contribution in [2.24, 2.45) is 4.99 Å². The van der Waals surface area contributed by atoms with Crippen LogP contribution in [0.15, 0.2) is 10.4 Å². The van der Waals surface area contributed by atoms with Gasteiger partial charge in [0.15, 0.2) is 21.5 Å². The molecule has 12 heteroatoms. The average molecular weight is 512 g/mol. The summed E-state index contributed by atoms with van der Waals surface area (Å²) in [7, 11) is -1.63. The molecule has 0 spiro atoms. The predicted octanol–water partition coefficient (Wildman–Crippen LogP) is 2.36. The first-order valence-electron chi connectivity index (χ1n) is 7.16. The summed E-state index contributed by atoms with van der Waals surface area (Å²) >= 11 is 0.912. The van der Waals surface area contributed by atoms with Crippen LogP contribution in [0.1, 0.15) is 24.5 Å². The van der Waals surface area contributed by atoms with E-state index in [-0.39, 0.29) is 54.4 Å². The van der Waals surface area contributed by atoms with E-state index in [1.165, 1.54) is 0 Å². The van der Waals surface area contributed by atoms with Gasteiger partial charge >= 0.3 is 6.18 Å². The molecule has 0 bridgehead atoms. The second-order valence-corrected chi connectivity index (χ2v) is 9.71. The summed E-state index contributed by atoms with van der Waals surface area (Å²) in [5.41, 5.74) is -0.913. The number of sulfone groups is 1. The highest BCUT2D eigenvalue weighted by atomic mass is 127. The number of halogens is 4. The smallest absolute Gasteiger partial charge is 0.350 e. The van der Waals surface area contributed by atoms with Gasteiger partial charge < -0.3 is 10.2 Å². The largest absolute Gasteiger partial charge is 0.434 e. The van der Waals surface area contributed by atoms with Crippen LogP contribution in [0.2, 0.25) is 0 Å². The number of alkyl halides is 3. The molecule has 0 atom stereocenters. The number of thiazole rings is 1.